The van der Waals surface area contributed by atoms with Crippen molar-refractivity contribution in [3.8, 4) is 0 Å². The highest BCUT2D eigenvalue weighted by Gasteiger charge is 2.11. The molecule has 0 atom stereocenters. The van der Waals surface area contributed by atoms with E-state index in [2.05, 4.69) is 50.9 Å². The fourth-order valence-corrected chi connectivity index (χ4v) is 3.52. The van der Waals surface area contributed by atoms with Crippen molar-refractivity contribution in [3.63, 3.8) is 0 Å². The summed E-state index contributed by atoms with van der Waals surface area (Å²) >= 11 is 5.35. The van der Waals surface area contributed by atoms with Crippen LogP contribution in [0.5, 0.6) is 0 Å². The van der Waals surface area contributed by atoms with E-state index in [0.29, 0.717) is 10.9 Å². The van der Waals surface area contributed by atoms with Crippen LogP contribution in [0.1, 0.15) is 23.6 Å². The minimum Gasteiger partial charge on any atom is -0.332 e. The third-order valence-electron chi connectivity index (χ3n) is 3.33. The quantitative estimate of drug-likeness (QED) is 0.380. The maximum atomic E-state index is 7.64. The summed E-state index contributed by atoms with van der Waals surface area (Å²) < 4.78 is 0. The van der Waals surface area contributed by atoms with Gasteiger partial charge >= 0.3 is 0 Å². The predicted octanol–water partition coefficient (Wildman–Crippen LogP) is 4.14. The van der Waals surface area contributed by atoms with Gasteiger partial charge in [0.05, 0.1) is 5.84 Å². The van der Waals surface area contributed by atoms with Gasteiger partial charge in [0.1, 0.15) is 0 Å². The number of nitrogens with zero attached hydrogens (tertiary/aromatic N) is 1. The Morgan fingerprint density at radius 3 is 2.38 bits per heavy atom. The molecular formula is C16H26N3PS. The Kier molecular flexibility index (Phi) is 5.77. The third kappa shape index (κ3) is 5.29. The average Bonchev–Trinajstić information content (AvgIpc) is 2.32. The molecule has 1 aromatic carbocycles. The number of hydrogen-bond donors (Lipinski definition) is 2. The fourth-order valence-electron chi connectivity index (χ4n) is 2.01. The lowest BCUT2D eigenvalue weighted by Crippen LogP contribution is -2.34. The number of amidine groups is 1. The van der Waals surface area contributed by atoms with Gasteiger partial charge in [0, 0.05) is 12.7 Å². The highest BCUT2D eigenvalue weighted by atomic mass is 32.1. The lowest BCUT2D eigenvalue weighted by atomic mass is 10.0. The Labute approximate surface area is 134 Å². The topological polar surface area (TPSA) is 39.1 Å². The van der Waals surface area contributed by atoms with E-state index in [4.69, 9.17) is 17.6 Å². The lowest BCUT2D eigenvalue weighted by molar-refractivity contribution is 0.752. The Bertz CT molecular complexity index is 616. The van der Waals surface area contributed by atoms with Crippen LogP contribution in [0.4, 0.5) is 5.69 Å². The number of rotatable bonds is 3. The second-order valence-corrected chi connectivity index (χ2v) is 10.8. The number of benzene rings is 1. The second-order valence-electron chi connectivity index (χ2n) is 6.26. The first-order valence-electron chi connectivity index (χ1n) is 6.88. The summed E-state index contributed by atoms with van der Waals surface area (Å²) in [5, 5.41) is 11.4. The highest BCUT2D eigenvalue weighted by molar-refractivity contribution is 7.80. The third-order valence-corrected chi connectivity index (χ3v) is 4.90. The zero-order valence-corrected chi connectivity index (χ0v) is 15.6. The maximum absolute atomic E-state index is 7.64. The molecule has 0 aromatic heterocycles. The van der Waals surface area contributed by atoms with Gasteiger partial charge in [0.25, 0.3) is 0 Å². The second kappa shape index (κ2) is 6.76. The van der Waals surface area contributed by atoms with E-state index in [0.717, 1.165) is 17.4 Å². The van der Waals surface area contributed by atoms with Crippen LogP contribution in [0.15, 0.2) is 12.1 Å². The molecule has 1 aromatic rings. The van der Waals surface area contributed by atoms with Crippen LogP contribution in [0.25, 0.3) is 0 Å². The predicted molar refractivity (Wildman–Crippen MR) is 103 cm³/mol. The fraction of sp³-hybridized carbons (Fsp3) is 0.438. The molecule has 0 heterocycles. The van der Waals surface area contributed by atoms with E-state index in [9.17, 15) is 0 Å². The number of hydrogen-bond acceptors (Lipinski definition) is 2. The zero-order chi connectivity index (χ0) is 16.4. The Balaban J connectivity index is 3.08. The molecule has 5 heteroatoms. The van der Waals surface area contributed by atoms with Crippen molar-refractivity contribution in [2.75, 3.05) is 25.7 Å². The van der Waals surface area contributed by atoms with Crippen molar-refractivity contribution in [1.29, 1.82) is 5.41 Å². The van der Waals surface area contributed by atoms with Gasteiger partial charge < -0.3 is 10.2 Å². The summed E-state index contributed by atoms with van der Waals surface area (Å²) in [4.78, 5) is 1.66. The maximum Gasteiger partial charge on any atom is 0.178 e. The van der Waals surface area contributed by atoms with Crippen LogP contribution < -0.4 is 5.32 Å². The first-order chi connectivity index (χ1) is 9.51. The van der Waals surface area contributed by atoms with Crippen molar-refractivity contribution in [2.45, 2.75) is 26.9 Å². The molecule has 0 radical (unpaired) electrons. The normalized spacial score (nSPS) is 11.1. The van der Waals surface area contributed by atoms with Gasteiger partial charge in [0.15, 0.2) is 5.11 Å². The lowest BCUT2D eigenvalue weighted by Gasteiger charge is -2.22. The van der Waals surface area contributed by atoms with E-state index in [1.54, 1.807) is 18.9 Å². The van der Waals surface area contributed by atoms with Crippen molar-refractivity contribution in [2.24, 2.45) is 0 Å². The Morgan fingerprint density at radius 2 is 1.90 bits per heavy atom. The minimum absolute atomic E-state index is 0.419. The summed E-state index contributed by atoms with van der Waals surface area (Å²) in [5.74, 6) is 0.419. The molecule has 0 bridgehead atoms. The minimum atomic E-state index is -1.12. The molecule has 2 N–H and O–H groups in total. The summed E-state index contributed by atoms with van der Waals surface area (Å²) in [7, 11) is 1.80. The average molecular weight is 323 g/mol. The molecule has 3 nitrogen and oxygen atoms in total. The highest BCUT2D eigenvalue weighted by Crippen LogP contribution is 2.41. The standard InChI is InChI=1S/C16H26N3PS/c1-11-8-12(2)15(9-14(11)10-20(5,6)7)18-16(21)19(4)13(3)17/h8-9,17H,5,10H2,1-4,6-7H3,(H,18,21). The molecule has 0 aliphatic carbocycles. The first-order valence-corrected chi connectivity index (χ1v) is 10.3. The SMILES string of the molecule is C=P(C)(C)Cc1cc(NC(=S)N(C)C(C)=N)c(C)cc1C. The number of anilines is 1. The van der Waals surface area contributed by atoms with Gasteiger partial charge in [-0.1, -0.05) is 6.07 Å². The summed E-state index contributed by atoms with van der Waals surface area (Å²) in [6.07, 6.45) is 5.33. The van der Waals surface area contributed by atoms with Crippen LogP contribution in [-0.4, -0.2) is 42.5 Å². The summed E-state index contributed by atoms with van der Waals surface area (Å²) in [6.45, 7) is 9.31. The smallest absolute Gasteiger partial charge is 0.178 e. The van der Waals surface area contributed by atoms with E-state index >= 15 is 0 Å². The van der Waals surface area contributed by atoms with Gasteiger partial charge in [0.2, 0.25) is 0 Å². The van der Waals surface area contributed by atoms with Crippen molar-refractivity contribution in [3.05, 3.63) is 28.8 Å². The van der Waals surface area contributed by atoms with Crippen molar-refractivity contribution < 1.29 is 0 Å². The van der Waals surface area contributed by atoms with Gasteiger partial charge in [-0.05, 0) is 75.2 Å². The zero-order valence-electron chi connectivity index (χ0n) is 13.9. The van der Waals surface area contributed by atoms with Crippen LogP contribution >= 0.6 is 19.1 Å². The molecule has 0 fully saturated rings. The number of thiocarbonyl (C=S) groups is 1. The molecule has 21 heavy (non-hydrogen) atoms. The first kappa shape index (κ1) is 17.9. The van der Waals surface area contributed by atoms with E-state index in [-0.39, 0.29) is 0 Å². The summed E-state index contributed by atoms with van der Waals surface area (Å²) in [6, 6.07) is 4.37. The Hall–Kier alpha value is -1.12. The number of aryl methyl sites for hydroxylation is 2. The van der Waals surface area contributed by atoms with E-state index in [1.165, 1.54) is 11.1 Å². The van der Waals surface area contributed by atoms with E-state index in [1.807, 2.05) is 0 Å². The largest absolute Gasteiger partial charge is 0.332 e. The van der Waals surface area contributed by atoms with Crippen LogP contribution in [0.2, 0.25) is 0 Å². The van der Waals surface area contributed by atoms with Crippen LogP contribution in [0.3, 0.4) is 0 Å². The number of nitrogens with one attached hydrogen (secondary N) is 2. The monoisotopic (exact) mass is 323 g/mol. The van der Waals surface area contributed by atoms with Crippen molar-refractivity contribution in [1.82, 2.24) is 4.90 Å². The summed E-state index contributed by atoms with van der Waals surface area (Å²) in [5.41, 5.74) is 4.81. The molecule has 0 saturated carbocycles. The molecule has 0 aliphatic heterocycles. The molecular weight excluding hydrogens is 297 g/mol. The van der Waals surface area contributed by atoms with Crippen molar-refractivity contribution >= 4 is 42.0 Å². The molecule has 1 rings (SSSR count). The molecule has 0 spiro atoms. The van der Waals surface area contributed by atoms with Gasteiger partial charge in [-0.3, -0.25) is 5.41 Å². The van der Waals surface area contributed by atoms with Gasteiger partial charge in [-0.15, -0.1) is 13.2 Å². The van der Waals surface area contributed by atoms with Crippen LogP contribution in [0, 0.1) is 19.3 Å². The molecule has 0 amide bonds. The van der Waals surface area contributed by atoms with Crippen LogP contribution in [-0.2, 0) is 6.16 Å². The molecule has 116 valence electrons. The molecule has 0 saturated heterocycles. The van der Waals surface area contributed by atoms with Gasteiger partial charge in [-0.25, -0.2) is 0 Å². The Morgan fingerprint density at radius 1 is 1.33 bits per heavy atom. The molecule has 0 unspecified atom stereocenters. The van der Waals surface area contributed by atoms with E-state index < -0.39 is 6.89 Å². The van der Waals surface area contributed by atoms with Gasteiger partial charge in [-0.2, -0.15) is 0 Å². The molecule has 0 aliphatic rings.